The van der Waals surface area contributed by atoms with Gasteiger partial charge in [0.05, 0.1) is 64.1 Å². The maximum atomic E-state index is 13.4. The summed E-state index contributed by atoms with van der Waals surface area (Å²) >= 11 is 0. The van der Waals surface area contributed by atoms with Crippen LogP contribution in [0, 0.1) is 0 Å². The van der Waals surface area contributed by atoms with Crippen LogP contribution in [0.1, 0.15) is 22.8 Å². The van der Waals surface area contributed by atoms with Crippen molar-refractivity contribution in [2.45, 2.75) is 6.92 Å². The Balaban J connectivity index is 1.89. The van der Waals surface area contributed by atoms with Crippen LogP contribution in [0.2, 0.25) is 0 Å². The number of pyridine rings is 1. The monoisotopic (exact) mass is 407 g/mol. The molecule has 4 rings (SSSR count). The molecule has 0 spiro atoms. The van der Waals surface area contributed by atoms with E-state index in [-0.39, 0.29) is 5.78 Å². The number of quaternary nitrogens is 1. The fourth-order valence-corrected chi connectivity index (χ4v) is 4.22. The van der Waals surface area contributed by atoms with Gasteiger partial charge in [-0.05, 0) is 13.0 Å². The maximum Gasteiger partial charge on any atom is 0.216 e. The number of fused-ring (bicyclic) bond motifs is 1. The minimum absolute atomic E-state index is 0.0174. The van der Waals surface area contributed by atoms with Crippen LogP contribution in [-0.2, 0) is 0 Å². The number of rotatable bonds is 6. The van der Waals surface area contributed by atoms with Crippen molar-refractivity contribution in [3.8, 4) is 11.5 Å². The van der Waals surface area contributed by atoms with Crippen LogP contribution in [0.25, 0.3) is 10.9 Å². The number of carbonyl (C=O) groups is 1. The van der Waals surface area contributed by atoms with Gasteiger partial charge in [-0.1, -0.05) is 30.3 Å². The van der Waals surface area contributed by atoms with E-state index in [0.29, 0.717) is 22.6 Å². The molecular weight excluding hydrogens is 378 g/mol. The Morgan fingerprint density at radius 1 is 1.07 bits per heavy atom. The first-order chi connectivity index (χ1) is 14.7. The molecule has 1 aliphatic rings. The first kappa shape index (κ1) is 20.2. The van der Waals surface area contributed by atoms with Crippen molar-refractivity contribution < 1.29 is 24.2 Å². The number of methoxy groups -OCH3 is 2. The molecule has 0 atom stereocenters. The second-order valence-electron chi connectivity index (χ2n) is 7.59. The van der Waals surface area contributed by atoms with E-state index in [1.807, 2.05) is 48.7 Å². The summed E-state index contributed by atoms with van der Waals surface area (Å²) in [4.78, 5) is 20.7. The number of aromatic nitrogens is 1. The smallest absolute Gasteiger partial charge is 0.216 e. The molecular formula is C24H29N3O3+2. The second-order valence-corrected chi connectivity index (χ2v) is 7.59. The van der Waals surface area contributed by atoms with Crippen LogP contribution < -0.4 is 24.3 Å². The third-order valence-electron chi connectivity index (χ3n) is 5.97. The summed E-state index contributed by atoms with van der Waals surface area (Å²) in [5.74, 6) is 1.33. The largest absolute Gasteiger partial charge is 0.493 e. The van der Waals surface area contributed by atoms with Crippen molar-refractivity contribution in [2.24, 2.45) is 0 Å². The van der Waals surface area contributed by atoms with Crippen LogP contribution in [0.5, 0.6) is 11.5 Å². The highest BCUT2D eigenvalue weighted by Crippen LogP contribution is 2.37. The second kappa shape index (κ2) is 8.71. The van der Waals surface area contributed by atoms with E-state index in [2.05, 4.69) is 16.8 Å². The van der Waals surface area contributed by atoms with Crippen LogP contribution in [-0.4, -0.2) is 52.7 Å². The molecule has 0 radical (unpaired) electrons. The highest BCUT2D eigenvalue weighted by Gasteiger charge is 2.28. The number of hydrogen-bond donors (Lipinski definition) is 1. The van der Waals surface area contributed by atoms with Crippen LogP contribution in [0.15, 0.2) is 48.7 Å². The van der Waals surface area contributed by atoms with E-state index in [1.165, 1.54) is 0 Å². The molecule has 1 aliphatic heterocycles. The molecule has 0 aliphatic carbocycles. The molecule has 6 heteroatoms. The van der Waals surface area contributed by atoms with E-state index in [1.54, 1.807) is 19.1 Å². The van der Waals surface area contributed by atoms with Gasteiger partial charge in [0.1, 0.15) is 5.56 Å². The molecule has 1 saturated heterocycles. The highest BCUT2D eigenvalue weighted by molar-refractivity contribution is 6.15. The zero-order valence-corrected chi connectivity index (χ0v) is 17.8. The number of piperazine rings is 1. The predicted molar refractivity (Wildman–Crippen MR) is 117 cm³/mol. The number of aromatic amines is 1. The van der Waals surface area contributed by atoms with E-state index in [4.69, 9.17) is 9.47 Å². The molecule has 0 unspecified atom stereocenters. The summed E-state index contributed by atoms with van der Waals surface area (Å²) < 4.78 is 11.0. The highest BCUT2D eigenvalue weighted by atomic mass is 16.5. The number of benzene rings is 2. The van der Waals surface area contributed by atoms with Crippen LogP contribution in [0.4, 0.5) is 5.69 Å². The molecule has 2 heterocycles. The summed E-state index contributed by atoms with van der Waals surface area (Å²) in [5.41, 5.74) is 3.25. The van der Waals surface area contributed by atoms with Crippen LogP contribution >= 0.6 is 0 Å². The average Bonchev–Trinajstić information content (AvgIpc) is 2.82. The zero-order valence-electron chi connectivity index (χ0n) is 17.8. The average molecular weight is 408 g/mol. The summed E-state index contributed by atoms with van der Waals surface area (Å²) in [7, 11) is 3.26. The molecule has 2 aromatic carbocycles. The van der Waals surface area contributed by atoms with Crippen LogP contribution in [0.3, 0.4) is 0 Å². The number of nitrogens with zero attached hydrogens (tertiary/aromatic N) is 1. The number of anilines is 1. The van der Waals surface area contributed by atoms with Gasteiger partial charge in [-0.3, -0.25) is 4.79 Å². The third kappa shape index (κ3) is 3.71. The lowest BCUT2D eigenvalue weighted by atomic mass is 9.99. The summed E-state index contributed by atoms with van der Waals surface area (Å²) in [6.45, 7) is 7.28. The Labute approximate surface area is 177 Å². The Morgan fingerprint density at radius 2 is 1.73 bits per heavy atom. The van der Waals surface area contributed by atoms with Gasteiger partial charge in [0.2, 0.25) is 11.3 Å². The summed E-state index contributed by atoms with van der Waals surface area (Å²) in [6.07, 6.45) is 1.83. The molecule has 1 aromatic heterocycles. The normalized spacial score (nSPS) is 14.7. The lowest BCUT2D eigenvalue weighted by Gasteiger charge is -2.34. The Kier molecular flexibility index (Phi) is 5.86. The molecule has 3 aromatic rings. The minimum Gasteiger partial charge on any atom is -0.493 e. The molecule has 30 heavy (non-hydrogen) atoms. The predicted octanol–water partition coefficient (Wildman–Crippen LogP) is 1.63. The first-order valence-electron chi connectivity index (χ1n) is 10.4. The quantitative estimate of drug-likeness (QED) is 0.631. The molecule has 6 nitrogen and oxygen atoms in total. The Morgan fingerprint density at radius 3 is 2.37 bits per heavy atom. The fourth-order valence-electron chi connectivity index (χ4n) is 4.22. The standard InChI is InChI=1S/C24H27N3O3/c1-4-26-10-12-27(13-11-26)23-18-14-21(29-2)22(30-3)15-20(18)25-16-19(23)24(28)17-8-6-5-7-9-17/h5-9,14-16H,4,10-13H2,1-3H3/p+2. The van der Waals surface area contributed by atoms with Gasteiger partial charge in [-0.25, -0.2) is 4.98 Å². The van der Waals surface area contributed by atoms with Gasteiger partial charge >= 0.3 is 0 Å². The zero-order chi connectivity index (χ0) is 21.1. The summed E-state index contributed by atoms with van der Waals surface area (Å²) in [6, 6.07) is 13.4. The fraction of sp³-hybridized carbons (Fsp3) is 0.333. The van der Waals surface area contributed by atoms with E-state index in [9.17, 15) is 4.79 Å². The molecule has 0 saturated carbocycles. The number of ether oxygens (including phenoxy) is 2. The van der Waals surface area contributed by atoms with Gasteiger partial charge < -0.3 is 19.3 Å². The van der Waals surface area contributed by atoms with Gasteiger partial charge in [-0.2, -0.15) is 0 Å². The SMILES string of the molecule is CC[NH+]1CCN(c2c(C(=O)c3ccccc3)c[nH+]c3cc(OC)c(OC)cc23)CC1. The van der Waals surface area contributed by atoms with E-state index in [0.717, 1.165) is 49.3 Å². The molecule has 156 valence electrons. The number of hydrogen-bond acceptors (Lipinski definition) is 4. The third-order valence-corrected chi connectivity index (χ3v) is 5.97. The van der Waals surface area contributed by atoms with E-state index < -0.39 is 0 Å². The van der Waals surface area contributed by atoms with Gasteiger partial charge in [0.25, 0.3) is 0 Å². The number of ketones is 1. The number of carbonyl (C=O) groups excluding carboxylic acids is 1. The van der Waals surface area contributed by atoms with Crippen molar-refractivity contribution in [1.82, 2.24) is 0 Å². The Hall–Kier alpha value is -3.12. The Bertz CT molecular complexity index is 1040. The van der Waals surface area contributed by atoms with Crippen molar-refractivity contribution >= 4 is 22.4 Å². The summed E-state index contributed by atoms with van der Waals surface area (Å²) in [5, 5.41) is 0.967. The van der Waals surface area contributed by atoms with Crippen molar-refractivity contribution in [1.29, 1.82) is 0 Å². The molecule has 2 N–H and O–H groups in total. The van der Waals surface area contributed by atoms with Gasteiger partial charge in [-0.15, -0.1) is 0 Å². The molecule has 1 fully saturated rings. The van der Waals surface area contributed by atoms with Gasteiger partial charge in [0.15, 0.2) is 17.7 Å². The maximum absolute atomic E-state index is 13.4. The first-order valence-corrected chi connectivity index (χ1v) is 10.4. The van der Waals surface area contributed by atoms with E-state index >= 15 is 0 Å². The number of nitrogens with one attached hydrogen (secondary N) is 2. The molecule has 0 amide bonds. The van der Waals surface area contributed by atoms with Crippen molar-refractivity contribution in [2.75, 3.05) is 51.8 Å². The number of likely N-dealkylation sites (N-methyl/N-ethyl adjacent to an activating group) is 1. The topological polar surface area (TPSA) is 57.4 Å². The number of H-pyrrole nitrogens is 1. The molecule has 0 bridgehead atoms. The lowest BCUT2D eigenvalue weighted by molar-refractivity contribution is -0.898. The lowest BCUT2D eigenvalue weighted by Crippen LogP contribution is -3.14. The van der Waals surface area contributed by atoms with Crippen molar-refractivity contribution in [3.05, 3.63) is 59.8 Å². The minimum atomic E-state index is 0.0174. The van der Waals surface area contributed by atoms with Gasteiger partial charge in [0, 0.05) is 5.56 Å². The van der Waals surface area contributed by atoms with Crippen molar-refractivity contribution in [3.63, 3.8) is 0 Å².